The van der Waals surface area contributed by atoms with Crippen LogP contribution in [0.3, 0.4) is 0 Å². The summed E-state index contributed by atoms with van der Waals surface area (Å²) in [5.41, 5.74) is -4.15. The average molecular weight is 833 g/mol. The summed E-state index contributed by atoms with van der Waals surface area (Å²) in [5.74, 6) is 0. The maximum atomic E-state index is 12.1. The summed E-state index contributed by atoms with van der Waals surface area (Å²) >= 11 is 0. The van der Waals surface area contributed by atoms with E-state index in [1.54, 1.807) is 111 Å². The van der Waals surface area contributed by atoms with E-state index in [4.69, 9.17) is 77.0 Å². The first-order chi connectivity index (χ1) is 26.0. The Balaban J connectivity index is 5.95. The van der Waals surface area contributed by atoms with Crippen LogP contribution >= 0.6 is 0 Å². The maximum Gasteiger partial charge on any atom is 0.540 e. The SMILES string of the molecule is CC(COCC(COCC(C)OC(=O)OOC(C)(C)C)(COCC(C)OC(=O)OOC(C)(C)C)COCC(C)OC(=O)OOC(C)(C)C)OC(=O)OOC(C)(C)C. The molecule has 0 aromatic rings. The van der Waals surface area contributed by atoms with Crippen LogP contribution in [0.2, 0.25) is 0 Å². The van der Waals surface area contributed by atoms with Gasteiger partial charge in [-0.3, -0.25) is 19.6 Å². The van der Waals surface area contributed by atoms with E-state index in [9.17, 15) is 19.2 Å². The number of carbonyl (C=O) groups is 4. The van der Waals surface area contributed by atoms with E-state index in [1.165, 1.54) is 0 Å². The lowest BCUT2D eigenvalue weighted by Gasteiger charge is -2.34. The van der Waals surface area contributed by atoms with Crippen molar-refractivity contribution in [3.63, 3.8) is 0 Å². The lowest BCUT2D eigenvalue weighted by molar-refractivity contribution is -0.314. The average Bonchev–Trinajstić information content (AvgIpc) is 3.03. The Morgan fingerprint density at radius 1 is 0.351 bits per heavy atom. The second-order valence-electron chi connectivity index (χ2n) is 17.4. The normalized spacial score (nSPS) is 15.6. The molecule has 57 heavy (non-hydrogen) atoms. The molecule has 0 aromatic heterocycles. The van der Waals surface area contributed by atoms with Crippen molar-refractivity contribution in [3.8, 4) is 0 Å². The summed E-state index contributed by atoms with van der Waals surface area (Å²) in [6.45, 7) is 25.7. The van der Waals surface area contributed by atoms with Crippen molar-refractivity contribution in [3.05, 3.63) is 0 Å². The van der Waals surface area contributed by atoms with E-state index in [-0.39, 0.29) is 52.9 Å². The molecule has 0 bridgehead atoms. The Labute approximate surface area is 336 Å². The molecule has 0 saturated carbocycles. The van der Waals surface area contributed by atoms with Crippen molar-refractivity contribution >= 4 is 24.6 Å². The second kappa shape index (κ2) is 25.3. The third-order valence-corrected chi connectivity index (χ3v) is 5.67. The molecule has 4 atom stereocenters. The monoisotopic (exact) mass is 832 g/mol. The molecule has 0 amide bonds. The van der Waals surface area contributed by atoms with E-state index < -0.39 is 76.9 Å². The summed E-state index contributed by atoms with van der Waals surface area (Å²) in [4.78, 5) is 87.3. The van der Waals surface area contributed by atoms with Gasteiger partial charge in [0, 0.05) is 0 Å². The van der Waals surface area contributed by atoms with Gasteiger partial charge in [-0.15, -0.1) is 0 Å². The van der Waals surface area contributed by atoms with Gasteiger partial charge in [-0.1, -0.05) is 0 Å². The number of carbonyl (C=O) groups excluding carboxylic acids is 4. The number of hydrogen-bond acceptors (Lipinski definition) is 20. The van der Waals surface area contributed by atoms with Crippen molar-refractivity contribution in [1.82, 2.24) is 0 Å². The van der Waals surface area contributed by atoms with E-state index in [2.05, 4.69) is 0 Å². The van der Waals surface area contributed by atoms with Gasteiger partial charge in [0.25, 0.3) is 0 Å². The lowest BCUT2D eigenvalue weighted by atomic mass is 9.92. The van der Waals surface area contributed by atoms with Gasteiger partial charge in [-0.05, 0) is 111 Å². The molecule has 20 nitrogen and oxygen atoms in total. The summed E-state index contributed by atoms with van der Waals surface area (Å²) in [6, 6.07) is 0. The highest BCUT2D eigenvalue weighted by Gasteiger charge is 2.35. The second-order valence-corrected chi connectivity index (χ2v) is 17.4. The van der Waals surface area contributed by atoms with Gasteiger partial charge < -0.3 is 37.9 Å². The van der Waals surface area contributed by atoms with Crippen LogP contribution in [0.5, 0.6) is 0 Å². The molecule has 0 aliphatic carbocycles. The van der Waals surface area contributed by atoms with Gasteiger partial charge in [0.15, 0.2) is 0 Å². The number of hydrogen-bond donors (Lipinski definition) is 0. The predicted molar refractivity (Wildman–Crippen MR) is 197 cm³/mol. The fourth-order valence-corrected chi connectivity index (χ4v) is 3.52. The maximum absolute atomic E-state index is 12.1. The first-order valence-electron chi connectivity index (χ1n) is 18.5. The first-order valence-corrected chi connectivity index (χ1v) is 18.5. The highest BCUT2D eigenvalue weighted by molar-refractivity contribution is 5.60. The van der Waals surface area contributed by atoms with Gasteiger partial charge in [-0.25, -0.2) is 19.2 Å². The molecule has 0 radical (unpaired) electrons. The summed E-state index contributed by atoms with van der Waals surface area (Å²) in [6.07, 6.45) is -7.43. The Kier molecular flexibility index (Phi) is 23.9. The fraction of sp³-hybridized carbons (Fsp3) is 0.892. The molecule has 4 unspecified atom stereocenters. The number of ether oxygens (including phenoxy) is 8. The highest BCUT2D eigenvalue weighted by Crippen LogP contribution is 2.23. The van der Waals surface area contributed by atoms with Crippen LogP contribution < -0.4 is 0 Å². The van der Waals surface area contributed by atoms with Crippen molar-refractivity contribution in [1.29, 1.82) is 0 Å². The minimum Gasteiger partial charge on any atom is -0.427 e. The van der Waals surface area contributed by atoms with E-state index in [0.717, 1.165) is 0 Å². The molecular weight excluding hydrogens is 764 g/mol. The third kappa shape index (κ3) is 32.4. The molecule has 0 saturated heterocycles. The first kappa shape index (κ1) is 53.8. The standard InChI is InChI=1S/C37H68O20/c1-25(46-29(38)50-54-33(5,6)7)17-42-21-37(22-43-18-26(2)47-30(39)51-55-34(8,9)10,23-44-19-27(3)48-31(40)52-56-35(11,12)13)24-45-20-28(4)49-32(41)53-57-36(14,15)16/h25-28H,17-24H2,1-16H3. The largest absolute Gasteiger partial charge is 0.540 e. The number of rotatable bonds is 24. The van der Waals surface area contributed by atoms with Crippen LogP contribution in [0.1, 0.15) is 111 Å². The smallest absolute Gasteiger partial charge is 0.427 e. The molecule has 0 fully saturated rings. The summed E-state index contributed by atoms with van der Waals surface area (Å²) < 4.78 is 44.8. The van der Waals surface area contributed by atoms with Crippen LogP contribution in [0.15, 0.2) is 0 Å². The quantitative estimate of drug-likeness (QED) is 0.0409. The summed E-state index contributed by atoms with van der Waals surface area (Å²) in [7, 11) is 0. The topological polar surface area (TPSA) is 216 Å². The zero-order chi connectivity index (χ0) is 44.1. The van der Waals surface area contributed by atoms with Gasteiger partial charge in [-0.2, -0.15) is 19.6 Å². The molecule has 336 valence electrons. The molecule has 20 heteroatoms. The zero-order valence-electron chi connectivity index (χ0n) is 36.6. The third-order valence-electron chi connectivity index (χ3n) is 5.67. The minimum atomic E-state index is -1.13. The van der Waals surface area contributed by atoms with Crippen molar-refractivity contribution < 1.29 is 96.2 Å². The van der Waals surface area contributed by atoms with Crippen LogP contribution in [0, 0.1) is 5.41 Å². The molecule has 0 aliphatic rings. The Bertz CT molecular complexity index is 984. The molecular formula is C37H68O20. The van der Waals surface area contributed by atoms with Crippen LogP contribution in [0.25, 0.3) is 0 Å². The lowest BCUT2D eigenvalue weighted by Crippen LogP contribution is -2.44. The van der Waals surface area contributed by atoms with Gasteiger partial charge in [0.2, 0.25) is 0 Å². The predicted octanol–water partition coefficient (Wildman–Crippen LogP) is 7.13. The highest BCUT2D eigenvalue weighted by atomic mass is 17.3. The van der Waals surface area contributed by atoms with Crippen molar-refractivity contribution in [2.45, 2.75) is 158 Å². The molecule has 0 heterocycles. The van der Waals surface area contributed by atoms with Crippen LogP contribution in [0.4, 0.5) is 19.2 Å². The van der Waals surface area contributed by atoms with E-state index in [0.29, 0.717) is 0 Å². The van der Waals surface area contributed by atoms with Gasteiger partial charge >= 0.3 is 24.6 Å². The van der Waals surface area contributed by atoms with E-state index in [1.807, 2.05) is 0 Å². The van der Waals surface area contributed by atoms with Gasteiger partial charge in [0.05, 0.1) is 58.3 Å². The molecule has 0 aromatic carbocycles. The fourth-order valence-electron chi connectivity index (χ4n) is 3.52. The molecule has 0 spiro atoms. The van der Waals surface area contributed by atoms with E-state index >= 15 is 0 Å². The molecule has 0 rings (SSSR count). The Morgan fingerprint density at radius 2 is 0.526 bits per heavy atom. The van der Waals surface area contributed by atoms with Gasteiger partial charge in [0.1, 0.15) is 46.8 Å². The summed E-state index contributed by atoms with van der Waals surface area (Å²) in [5, 5.41) is 0. The zero-order valence-corrected chi connectivity index (χ0v) is 36.6. The van der Waals surface area contributed by atoms with Crippen molar-refractivity contribution in [2.75, 3.05) is 52.9 Å². The van der Waals surface area contributed by atoms with Crippen molar-refractivity contribution in [2.24, 2.45) is 5.41 Å². The molecule has 0 aliphatic heterocycles. The Morgan fingerprint density at radius 3 is 0.684 bits per heavy atom. The van der Waals surface area contributed by atoms with Crippen LogP contribution in [-0.4, -0.2) is 124 Å². The molecule has 0 N–H and O–H groups in total. The minimum absolute atomic E-state index is 0.107. The Hall–Kier alpha value is -3.24. The van der Waals surface area contributed by atoms with Crippen LogP contribution in [-0.2, 0) is 77.0 Å².